The van der Waals surface area contributed by atoms with Gasteiger partial charge in [-0.2, -0.15) is 11.8 Å². The first-order valence-corrected chi connectivity index (χ1v) is 16.7. The summed E-state index contributed by atoms with van der Waals surface area (Å²) >= 11 is 2.85. The lowest BCUT2D eigenvalue weighted by Gasteiger charge is -2.31. The Bertz CT molecular complexity index is 1390. The Hall–Kier alpha value is -3.89. The van der Waals surface area contributed by atoms with Gasteiger partial charge < -0.3 is 24.4 Å². The summed E-state index contributed by atoms with van der Waals surface area (Å²) in [6.45, 7) is 2.72. The van der Waals surface area contributed by atoms with Gasteiger partial charge in [-0.3, -0.25) is 25.0 Å². The number of thioether (sulfide) groups is 2. The topological polar surface area (TPSA) is 183 Å². The van der Waals surface area contributed by atoms with Gasteiger partial charge in [0.2, 0.25) is 0 Å². The van der Waals surface area contributed by atoms with E-state index in [9.17, 15) is 39.7 Å². The first kappa shape index (κ1) is 35.0. The summed E-state index contributed by atoms with van der Waals surface area (Å²) in [7, 11) is 0. The molecule has 2 heterocycles. The molecule has 46 heavy (non-hydrogen) atoms. The fraction of sp³-hybridized carbons (Fsp3) is 0.500. The van der Waals surface area contributed by atoms with Crippen molar-refractivity contribution in [1.82, 2.24) is 9.80 Å². The molecule has 2 aromatic rings. The molecule has 0 aromatic heterocycles. The Labute approximate surface area is 274 Å². The maximum absolute atomic E-state index is 13.0. The van der Waals surface area contributed by atoms with Crippen molar-refractivity contribution in [2.24, 2.45) is 0 Å². The van der Waals surface area contributed by atoms with Crippen LogP contribution in [0.3, 0.4) is 0 Å². The number of aliphatic hydroxyl groups is 1. The van der Waals surface area contributed by atoms with Crippen molar-refractivity contribution >= 4 is 52.2 Å². The minimum absolute atomic E-state index is 0.0257. The molecule has 3 atom stereocenters. The molecule has 248 valence electrons. The van der Waals surface area contributed by atoms with Gasteiger partial charge in [-0.05, 0) is 66.8 Å². The zero-order valence-electron chi connectivity index (χ0n) is 25.2. The number of ether oxygens (including phenoxy) is 2. The van der Waals surface area contributed by atoms with Crippen LogP contribution >= 0.6 is 23.5 Å². The molecule has 16 heteroatoms. The van der Waals surface area contributed by atoms with E-state index in [1.807, 2.05) is 0 Å². The molecule has 0 radical (unpaired) electrons. The SMILES string of the molecule is CC(=O)S[C@H]1C[C@@H]([C@H](O)CCSC2CCN(C(=O)OCc3ccc([N+](=O)[O-])cc3)CC2)N(C(=O)OCc2ccc([N+](=O)[O-])cc2)C1. The maximum Gasteiger partial charge on any atom is 0.410 e. The molecule has 2 aromatic carbocycles. The molecule has 0 unspecified atom stereocenters. The summed E-state index contributed by atoms with van der Waals surface area (Å²) in [5.74, 6) is 0.642. The number of likely N-dealkylation sites (tertiary alicyclic amines) is 2. The van der Waals surface area contributed by atoms with Crippen molar-refractivity contribution in [3.8, 4) is 0 Å². The molecule has 14 nitrogen and oxygen atoms in total. The van der Waals surface area contributed by atoms with Gasteiger partial charge in [0, 0.05) is 61.3 Å². The van der Waals surface area contributed by atoms with Gasteiger partial charge in [0.1, 0.15) is 13.2 Å². The summed E-state index contributed by atoms with van der Waals surface area (Å²) in [6.07, 6.45) is 0.516. The van der Waals surface area contributed by atoms with Crippen LogP contribution < -0.4 is 0 Å². The smallest absolute Gasteiger partial charge is 0.410 e. The number of nitro benzene ring substituents is 2. The third kappa shape index (κ3) is 10.1. The molecule has 0 aliphatic carbocycles. The molecular formula is C30H36N4O10S2. The summed E-state index contributed by atoms with van der Waals surface area (Å²) in [5, 5.41) is 32.8. The number of benzene rings is 2. The first-order chi connectivity index (χ1) is 22.0. The Balaban J connectivity index is 1.20. The normalized spacial score (nSPS) is 19.0. The van der Waals surface area contributed by atoms with Gasteiger partial charge in [0.05, 0.1) is 22.0 Å². The van der Waals surface area contributed by atoms with Gasteiger partial charge >= 0.3 is 12.2 Å². The van der Waals surface area contributed by atoms with Crippen LogP contribution in [-0.4, -0.2) is 90.1 Å². The third-order valence-electron chi connectivity index (χ3n) is 7.80. The predicted octanol–water partition coefficient (Wildman–Crippen LogP) is 5.15. The zero-order valence-corrected chi connectivity index (χ0v) is 26.9. The van der Waals surface area contributed by atoms with Gasteiger partial charge in [-0.15, -0.1) is 0 Å². The number of hydrogen-bond donors (Lipinski definition) is 1. The monoisotopic (exact) mass is 676 g/mol. The largest absolute Gasteiger partial charge is 0.445 e. The molecule has 2 saturated heterocycles. The highest BCUT2D eigenvalue weighted by atomic mass is 32.2. The van der Waals surface area contributed by atoms with Crippen LogP contribution in [0.2, 0.25) is 0 Å². The van der Waals surface area contributed by atoms with Gasteiger partial charge in [-0.25, -0.2) is 9.59 Å². The number of hydrogen-bond acceptors (Lipinski definition) is 12. The standard InChI is InChI=1S/C30H36N4O10S2/c1-20(35)46-26-16-27(32(17-26)30(38)44-19-22-4-8-24(9-5-22)34(41)42)28(36)12-15-45-25-10-13-31(14-11-25)29(37)43-18-21-2-6-23(7-3-21)33(39)40/h2-9,25-28,36H,10-19H2,1H3/t26-,27-,28+/m0/s1. The van der Waals surface area contributed by atoms with Crippen LogP contribution in [0, 0.1) is 20.2 Å². The minimum atomic E-state index is -0.827. The van der Waals surface area contributed by atoms with E-state index in [4.69, 9.17) is 9.47 Å². The zero-order chi connectivity index (χ0) is 33.2. The molecule has 0 saturated carbocycles. The van der Waals surface area contributed by atoms with Crippen LogP contribution in [0.25, 0.3) is 0 Å². The molecule has 2 aliphatic heterocycles. The number of nitrogens with zero attached hydrogens (tertiary/aromatic N) is 4. The number of nitro groups is 2. The lowest BCUT2D eigenvalue weighted by molar-refractivity contribution is -0.385. The molecule has 2 fully saturated rings. The van der Waals surface area contributed by atoms with Crippen LogP contribution in [0.1, 0.15) is 43.7 Å². The fourth-order valence-electron chi connectivity index (χ4n) is 5.37. The van der Waals surface area contributed by atoms with E-state index >= 15 is 0 Å². The van der Waals surface area contributed by atoms with Crippen LogP contribution in [0.5, 0.6) is 0 Å². The predicted molar refractivity (Wildman–Crippen MR) is 171 cm³/mol. The second-order valence-corrected chi connectivity index (χ2v) is 13.9. The molecule has 0 bridgehead atoms. The van der Waals surface area contributed by atoms with E-state index in [0.29, 0.717) is 48.1 Å². The summed E-state index contributed by atoms with van der Waals surface area (Å²) < 4.78 is 10.8. The molecule has 1 N–H and O–H groups in total. The van der Waals surface area contributed by atoms with Gasteiger partial charge in [0.25, 0.3) is 11.4 Å². The summed E-state index contributed by atoms with van der Waals surface area (Å²) in [6, 6.07) is 11.0. The first-order valence-electron chi connectivity index (χ1n) is 14.8. The van der Waals surface area contributed by atoms with E-state index in [-0.39, 0.29) is 41.5 Å². The van der Waals surface area contributed by atoms with Crippen molar-refractivity contribution in [2.45, 2.75) is 68.5 Å². The highest BCUT2D eigenvalue weighted by Crippen LogP contribution is 2.33. The number of carbonyl (C=O) groups excluding carboxylic acids is 3. The highest BCUT2D eigenvalue weighted by Gasteiger charge is 2.41. The number of carbonyl (C=O) groups is 3. The Morgan fingerprint density at radius 1 is 0.891 bits per heavy atom. The molecule has 2 aliphatic rings. The van der Waals surface area contributed by atoms with Crippen LogP contribution in [-0.2, 0) is 27.5 Å². The van der Waals surface area contributed by atoms with Crippen LogP contribution in [0.4, 0.5) is 21.0 Å². The van der Waals surface area contributed by atoms with Crippen LogP contribution in [0.15, 0.2) is 48.5 Å². The van der Waals surface area contributed by atoms with Crippen molar-refractivity contribution in [3.05, 3.63) is 79.9 Å². The highest BCUT2D eigenvalue weighted by molar-refractivity contribution is 8.14. The van der Waals surface area contributed by atoms with Crippen molar-refractivity contribution in [2.75, 3.05) is 25.4 Å². The number of piperidine rings is 1. The average Bonchev–Trinajstić information content (AvgIpc) is 3.46. The number of rotatable bonds is 12. The molecule has 0 spiro atoms. The Morgan fingerprint density at radius 2 is 1.41 bits per heavy atom. The second-order valence-electron chi connectivity index (χ2n) is 11.1. The van der Waals surface area contributed by atoms with Crippen molar-refractivity contribution in [1.29, 1.82) is 0 Å². The minimum Gasteiger partial charge on any atom is -0.445 e. The van der Waals surface area contributed by atoms with Crippen molar-refractivity contribution < 1.29 is 38.8 Å². The van der Waals surface area contributed by atoms with E-state index in [1.54, 1.807) is 28.8 Å². The average molecular weight is 677 g/mol. The third-order valence-corrected chi connectivity index (χ3v) is 10.2. The number of non-ortho nitro benzene ring substituents is 2. The number of amides is 2. The summed E-state index contributed by atoms with van der Waals surface area (Å²) in [4.78, 5) is 61.1. The molecular weight excluding hydrogens is 640 g/mol. The molecule has 4 rings (SSSR count). The quantitative estimate of drug-likeness (QED) is 0.231. The lowest BCUT2D eigenvalue weighted by Crippen LogP contribution is -2.43. The Morgan fingerprint density at radius 3 is 1.91 bits per heavy atom. The lowest BCUT2D eigenvalue weighted by atomic mass is 10.1. The van der Waals surface area contributed by atoms with Gasteiger partial charge in [-0.1, -0.05) is 11.8 Å². The van der Waals surface area contributed by atoms with Crippen molar-refractivity contribution in [3.63, 3.8) is 0 Å². The fourth-order valence-corrected chi connectivity index (χ4v) is 7.62. The van der Waals surface area contributed by atoms with E-state index < -0.39 is 34.2 Å². The maximum atomic E-state index is 13.0. The Kier molecular flexibility index (Phi) is 12.6. The second kappa shape index (κ2) is 16.6. The summed E-state index contributed by atoms with van der Waals surface area (Å²) in [5.41, 5.74) is 1.15. The number of aliphatic hydroxyl groups excluding tert-OH is 1. The van der Waals surface area contributed by atoms with E-state index in [0.717, 1.165) is 24.6 Å². The molecule has 2 amide bonds. The van der Waals surface area contributed by atoms with Gasteiger partial charge in [0.15, 0.2) is 5.12 Å². The van der Waals surface area contributed by atoms with E-state index in [2.05, 4.69) is 0 Å². The van der Waals surface area contributed by atoms with E-state index in [1.165, 1.54) is 48.2 Å².